The van der Waals surface area contributed by atoms with Crippen molar-refractivity contribution in [3.63, 3.8) is 0 Å². The Morgan fingerprint density at radius 3 is 2.89 bits per heavy atom. The molecule has 0 bridgehead atoms. The molecule has 0 aromatic carbocycles. The molecule has 0 amide bonds. The fourth-order valence-corrected chi connectivity index (χ4v) is 0.852. The van der Waals surface area contributed by atoms with Gasteiger partial charge >= 0.3 is 0 Å². The molecule has 1 aliphatic carbocycles. The smallest absolute Gasteiger partial charge is 0.0966 e. The first-order valence-electron chi connectivity index (χ1n) is 2.64. The van der Waals surface area contributed by atoms with Crippen LogP contribution < -0.4 is 0 Å². The van der Waals surface area contributed by atoms with Gasteiger partial charge in [0.15, 0.2) is 0 Å². The maximum Gasteiger partial charge on any atom is 0.0966 e. The number of rotatable bonds is 0. The Kier molecular flexibility index (Phi) is 1.92. The zero-order valence-corrected chi connectivity index (χ0v) is 5.52. The number of hydrogen-bond donors (Lipinski definition) is 0. The third kappa shape index (κ3) is 1.34. The molecule has 0 fully saturated rings. The SMILES string of the molecule is N#CC1=C(Cl)C=CC[CH]1. The molecule has 0 N–H and O–H groups in total. The van der Waals surface area contributed by atoms with E-state index in [0.29, 0.717) is 10.6 Å². The molecule has 1 aliphatic rings. The molecule has 0 saturated heterocycles. The summed E-state index contributed by atoms with van der Waals surface area (Å²) >= 11 is 5.62. The number of nitrogens with zero attached hydrogens (tertiary/aromatic N) is 1. The van der Waals surface area contributed by atoms with Crippen molar-refractivity contribution in [2.24, 2.45) is 0 Å². The summed E-state index contributed by atoms with van der Waals surface area (Å²) < 4.78 is 0. The Balaban J connectivity index is 2.88. The highest BCUT2D eigenvalue weighted by Crippen LogP contribution is 2.19. The molecule has 0 aliphatic heterocycles. The van der Waals surface area contributed by atoms with Gasteiger partial charge in [0, 0.05) is 6.42 Å². The zero-order chi connectivity index (χ0) is 6.69. The van der Waals surface area contributed by atoms with Gasteiger partial charge in [-0.05, 0) is 12.5 Å². The first-order valence-corrected chi connectivity index (χ1v) is 3.02. The molecule has 1 nitrogen and oxygen atoms in total. The second-order valence-corrected chi connectivity index (χ2v) is 2.12. The van der Waals surface area contributed by atoms with E-state index in [1.165, 1.54) is 0 Å². The normalized spacial score (nSPS) is 17.8. The van der Waals surface area contributed by atoms with Gasteiger partial charge < -0.3 is 0 Å². The standard InChI is InChI=1S/C7H5ClN/c8-7-4-2-1-3-6(7)5-9/h2-4H,1H2. The Morgan fingerprint density at radius 1 is 1.67 bits per heavy atom. The molecular weight excluding hydrogens is 134 g/mol. The highest BCUT2D eigenvalue weighted by atomic mass is 35.5. The molecule has 9 heavy (non-hydrogen) atoms. The largest absolute Gasteiger partial charge is 0.193 e. The molecule has 0 atom stereocenters. The lowest BCUT2D eigenvalue weighted by Gasteiger charge is -2.01. The summed E-state index contributed by atoms with van der Waals surface area (Å²) in [6.45, 7) is 0. The average Bonchev–Trinajstić information content (AvgIpc) is 1.89. The van der Waals surface area contributed by atoms with Gasteiger partial charge in [0.25, 0.3) is 0 Å². The van der Waals surface area contributed by atoms with Crippen molar-refractivity contribution in [1.29, 1.82) is 5.26 Å². The second kappa shape index (κ2) is 2.70. The molecule has 1 rings (SSSR count). The predicted octanol–water partition coefficient (Wildman–Crippen LogP) is 2.17. The van der Waals surface area contributed by atoms with Crippen molar-refractivity contribution >= 4 is 11.6 Å². The Morgan fingerprint density at radius 2 is 2.44 bits per heavy atom. The fourth-order valence-electron chi connectivity index (χ4n) is 0.644. The summed E-state index contributed by atoms with van der Waals surface area (Å²) in [4.78, 5) is 0. The van der Waals surface area contributed by atoms with Gasteiger partial charge in [-0.25, -0.2) is 0 Å². The van der Waals surface area contributed by atoms with E-state index in [1.807, 2.05) is 18.6 Å². The monoisotopic (exact) mass is 138 g/mol. The van der Waals surface area contributed by atoms with E-state index in [-0.39, 0.29) is 0 Å². The average molecular weight is 139 g/mol. The summed E-state index contributed by atoms with van der Waals surface area (Å²) in [6.07, 6.45) is 6.30. The van der Waals surface area contributed by atoms with Crippen molar-refractivity contribution in [2.45, 2.75) is 6.42 Å². The van der Waals surface area contributed by atoms with Crippen molar-refractivity contribution in [2.75, 3.05) is 0 Å². The highest BCUT2D eigenvalue weighted by Gasteiger charge is 2.03. The van der Waals surface area contributed by atoms with E-state index in [1.54, 1.807) is 6.08 Å². The molecule has 2 heteroatoms. The van der Waals surface area contributed by atoms with Crippen LogP contribution in [0.1, 0.15) is 6.42 Å². The quantitative estimate of drug-likeness (QED) is 0.503. The van der Waals surface area contributed by atoms with Gasteiger partial charge in [0.2, 0.25) is 0 Å². The summed E-state index contributed by atoms with van der Waals surface area (Å²) in [5.74, 6) is 0. The van der Waals surface area contributed by atoms with Crippen LogP contribution in [0.3, 0.4) is 0 Å². The molecule has 0 spiro atoms. The van der Waals surface area contributed by atoms with Crippen LogP contribution in [0.15, 0.2) is 22.8 Å². The van der Waals surface area contributed by atoms with Crippen LogP contribution in [0.4, 0.5) is 0 Å². The van der Waals surface area contributed by atoms with E-state index < -0.39 is 0 Å². The third-order valence-electron chi connectivity index (χ3n) is 1.10. The third-order valence-corrected chi connectivity index (χ3v) is 1.43. The first kappa shape index (κ1) is 6.38. The first-order chi connectivity index (χ1) is 4.34. The maximum atomic E-state index is 8.40. The lowest BCUT2D eigenvalue weighted by Crippen LogP contribution is -1.87. The van der Waals surface area contributed by atoms with Crippen LogP contribution in [0.2, 0.25) is 0 Å². The van der Waals surface area contributed by atoms with Crippen LogP contribution in [-0.4, -0.2) is 0 Å². The van der Waals surface area contributed by atoms with Crippen molar-refractivity contribution in [3.05, 3.63) is 29.2 Å². The van der Waals surface area contributed by atoms with Gasteiger partial charge in [-0.1, -0.05) is 17.7 Å². The fraction of sp³-hybridized carbons (Fsp3) is 0.143. The summed E-state index contributed by atoms with van der Waals surface area (Å²) in [7, 11) is 0. The van der Waals surface area contributed by atoms with Crippen LogP contribution >= 0.6 is 11.6 Å². The summed E-state index contributed by atoms with van der Waals surface area (Å²) in [5, 5.41) is 8.95. The zero-order valence-electron chi connectivity index (χ0n) is 4.76. The van der Waals surface area contributed by atoms with E-state index >= 15 is 0 Å². The minimum atomic E-state index is 0.545. The predicted molar refractivity (Wildman–Crippen MR) is 36.5 cm³/mol. The Labute approximate surface area is 59.2 Å². The maximum absolute atomic E-state index is 8.40. The topological polar surface area (TPSA) is 23.8 Å². The van der Waals surface area contributed by atoms with Crippen molar-refractivity contribution in [1.82, 2.24) is 0 Å². The van der Waals surface area contributed by atoms with Gasteiger partial charge in [-0.2, -0.15) is 5.26 Å². The molecular formula is C7H5ClN. The number of hydrogen-bond acceptors (Lipinski definition) is 1. The minimum Gasteiger partial charge on any atom is -0.193 e. The van der Waals surface area contributed by atoms with Crippen LogP contribution in [-0.2, 0) is 0 Å². The molecule has 0 aromatic rings. The van der Waals surface area contributed by atoms with Gasteiger partial charge in [0.1, 0.15) is 0 Å². The molecule has 45 valence electrons. The van der Waals surface area contributed by atoms with E-state index in [4.69, 9.17) is 16.9 Å². The molecule has 0 saturated carbocycles. The van der Waals surface area contributed by atoms with E-state index in [2.05, 4.69) is 0 Å². The van der Waals surface area contributed by atoms with Gasteiger partial charge in [-0.15, -0.1) is 0 Å². The Hall–Kier alpha value is -0.740. The number of allylic oxidation sites excluding steroid dienone is 4. The molecule has 1 radical (unpaired) electrons. The van der Waals surface area contributed by atoms with Gasteiger partial charge in [0.05, 0.1) is 16.7 Å². The molecule has 0 unspecified atom stereocenters. The lowest BCUT2D eigenvalue weighted by molar-refractivity contribution is 1.21. The van der Waals surface area contributed by atoms with E-state index in [0.717, 1.165) is 6.42 Å². The molecule has 0 heterocycles. The highest BCUT2D eigenvalue weighted by molar-refractivity contribution is 6.32. The van der Waals surface area contributed by atoms with Crippen molar-refractivity contribution < 1.29 is 0 Å². The van der Waals surface area contributed by atoms with Gasteiger partial charge in [-0.3, -0.25) is 0 Å². The number of halogens is 1. The number of nitriles is 1. The summed E-state index contributed by atoms with van der Waals surface area (Å²) in [5.41, 5.74) is 0.583. The van der Waals surface area contributed by atoms with Crippen LogP contribution in [0.25, 0.3) is 0 Å². The van der Waals surface area contributed by atoms with E-state index in [9.17, 15) is 0 Å². The van der Waals surface area contributed by atoms with Crippen LogP contribution in [0.5, 0.6) is 0 Å². The minimum absolute atomic E-state index is 0.545. The summed E-state index contributed by atoms with van der Waals surface area (Å²) in [6, 6.07) is 1.99. The second-order valence-electron chi connectivity index (χ2n) is 1.72. The van der Waals surface area contributed by atoms with Crippen molar-refractivity contribution in [3.8, 4) is 6.07 Å². The van der Waals surface area contributed by atoms with Crippen LogP contribution in [0, 0.1) is 17.8 Å². The Bertz CT molecular complexity index is 207. The molecule has 0 aromatic heterocycles. The lowest BCUT2D eigenvalue weighted by atomic mass is 10.1.